The molecule has 0 aromatic carbocycles. The number of imidazole rings is 1. The van der Waals surface area contributed by atoms with Gasteiger partial charge in [-0.2, -0.15) is 0 Å². The minimum Gasteiger partial charge on any atom is -0.394 e. The molecule has 0 saturated carbocycles. The fraction of sp³-hybridized carbons (Fsp3) is 0.545. The van der Waals surface area contributed by atoms with Crippen LogP contribution in [-0.2, 0) is 9.47 Å². The molecule has 1 aliphatic heterocycles. The topological polar surface area (TPSA) is 129 Å². The van der Waals surface area contributed by atoms with Crippen LogP contribution in [0.25, 0.3) is 11.2 Å². The summed E-state index contributed by atoms with van der Waals surface area (Å²) in [6, 6.07) is 0. The largest absolute Gasteiger partial charge is 0.394 e. The lowest BCUT2D eigenvalue weighted by atomic mass is 10.1. The number of nitrogen functional groups attached to an aromatic ring is 1. The number of rotatable bonds is 3. The first kappa shape index (κ1) is 13.2. The summed E-state index contributed by atoms with van der Waals surface area (Å²) in [5, 5.41) is 19.3. The number of methoxy groups -OCH3 is 1. The van der Waals surface area contributed by atoms with E-state index < -0.39 is 24.5 Å². The Morgan fingerprint density at radius 3 is 2.95 bits per heavy atom. The lowest BCUT2D eigenvalue weighted by Gasteiger charge is -2.19. The molecule has 108 valence electrons. The van der Waals surface area contributed by atoms with Crippen LogP contribution in [0.1, 0.15) is 6.23 Å². The smallest absolute Gasteiger partial charge is 0.167 e. The second-order valence-electron chi connectivity index (χ2n) is 4.52. The molecule has 0 aliphatic carbocycles. The lowest BCUT2D eigenvalue weighted by molar-refractivity contribution is -0.0583. The van der Waals surface area contributed by atoms with E-state index in [-0.39, 0.29) is 12.4 Å². The molecule has 2 aromatic heterocycles. The van der Waals surface area contributed by atoms with E-state index in [1.165, 1.54) is 19.8 Å². The Labute approximate surface area is 114 Å². The Kier molecular flexibility index (Phi) is 3.26. The lowest BCUT2D eigenvalue weighted by Crippen LogP contribution is -2.34. The van der Waals surface area contributed by atoms with E-state index in [9.17, 15) is 10.2 Å². The predicted octanol–water partition coefficient (Wildman–Crippen LogP) is -1.33. The van der Waals surface area contributed by atoms with Gasteiger partial charge in [-0.05, 0) is 0 Å². The molecule has 2 aromatic rings. The number of anilines is 1. The van der Waals surface area contributed by atoms with Crippen molar-refractivity contribution in [1.82, 2.24) is 19.5 Å². The minimum atomic E-state index is -0.938. The standard InChI is InChI=1S/C11H15N5O4/c1-19-8-7(18)5(2-17)20-11(8)16-4-15-6-9(12)13-3-14-10(6)16/h3-5,7-8,11,17-18H,2H2,1H3,(H2,12,13,14)/t5-,7+,8+,11-/m1/s1. The zero-order valence-corrected chi connectivity index (χ0v) is 10.7. The number of hydrogen-bond donors (Lipinski definition) is 3. The Morgan fingerprint density at radius 1 is 1.45 bits per heavy atom. The van der Waals surface area contributed by atoms with Crippen molar-refractivity contribution in [3.05, 3.63) is 12.7 Å². The number of ether oxygens (including phenoxy) is 2. The van der Waals surface area contributed by atoms with Gasteiger partial charge in [0.05, 0.1) is 12.9 Å². The highest BCUT2D eigenvalue weighted by Crippen LogP contribution is 2.33. The summed E-state index contributed by atoms with van der Waals surface area (Å²) in [6.45, 7) is -0.304. The summed E-state index contributed by atoms with van der Waals surface area (Å²) in [4.78, 5) is 12.1. The number of aliphatic hydroxyl groups is 2. The maximum atomic E-state index is 10.0. The van der Waals surface area contributed by atoms with Crippen molar-refractivity contribution < 1.29 is 19.7 Å². The number of nitrogens with zero attached hydrogens (tertiary/aromatic N) is 4. The fourth-order valence-corrected chi connectivity index (χ4v) is 2.40. The third kappa shape index (κ3) is 1.83. The van der Waals surface area contributed by atoms with Gasteiger partial charge in [-0.3, -0.25) is 4.57 Å². The molecule has 1 fully saturated rings. The van der Waals surface area contributed by atoms with Gasteiger partial charge in [0.15, 0.2) is 17.7 Å². The third-order valence-corrected chi connectivity index (χ3v) is 3.43. The third-order valence-electron chi connectivity index (χ3n) is 3.43. The molecule has 4 N–H and O–H groups in total. The minimum absolute atomic E-state index is 0.264. The molecule has 3 rings (SSSR count). The molecular weight excluding hydrogens is 266 g/mol. The number of hydrogen-bond acceptors (Lipinski definition) is 8. The van der Waals surface area contributed by atoms with E-state index >= 15 is 0 Å². The van der Waals surface area contributed by atoms with E-state index in [4.69, 9.17) is 15.2 Å². The van der Waals surface area contributed by atoms with E-state index in [2.05, 4.69) is 15.0 Å². The number of fused-ring (bicyclic) bond motifs is 1. The molecule has 0 spiro atoms. The van der Waals surface area contributed by atoms with E-state index in [1.807, 2.05) is 0 Å². The van der Waals surface area contributed by atoms with Gasteiger partial charge in [0.2, 0.25) is 0 Å². The molecule has 0 radical (unpaired) electrons. The maximum Gasteiger partial charge on any atom is 0.167 e. The first-order chi connectivity index (χ1) is 9.67. The van der Waals surface area contributed by atoms with Crippen LogP contribution in [0.15, 0.2) is 12.7 Å². The Morgan fingerprint density at radius 2 is 2.25 bits per heavy atom. The second kappa shape index (κ2) is 4.94. The van der Waals surface area contributed by atoms with Crippen molar-refractivity contribution in [2.75, 3.05) is 19.5 Å². The van der Waals surface area contributed by atoms with Gasteiger partial charge >= 0.3 is 0 Å². The van der Waals surface area contributed by atoms with Crippen molar-refractivity contribution >= 4 is 17.0 Å². The monoisotopic (exact) mass is 281 g/mol. The van der Waals surface area contributed by atoms with Crippen LogP contribution in [-0.4, -0.2) is 61.8 Å². The van der Waals surface area contributed by atoms with Crippen molar-refractivity contribution in [3.63, 3.8) is 0 Å². The Hall–Kier alpha value is -1.81. The predicted molar refractivity (Wildman–Crippen MR) is 67.5 cm³/mol. The maximum absolute atomic E-state index is 10.0. The van der Waals surface area contributed by atoms with Crippen molar-refractivity contribution in [2.24, 2.45) is 0 Å². The van der Waals surface area contributed by atoms with Gasteiger partial charge < -0.3 is 25.4 Å². The van der Waals surface area contributed by atoms with Crippen LogP contribution < -0.4 is 5.73 Å². The van der Waals surface area contributed by atoms with Crippen LogP contribution in [0.2, 0.25) is 0 Å². The van der Waals surface area contributed by atoms with E-state index in [0.29, 0.717) is 11.2 Å². The second-order valence-corrected chi connectivity index (χ2v) is 4.52. The van der Waals surface area contributed by atoms with Crippen LogP contribution in [0, 0.1) is 0 Å². The zero-order valence-electron chi connectivity index (χ0n) is 10.7. The summed E-state index contributed by atoms with van der Waals surface area (Å²) in [6.07, 6.45) is -0.119. The molecular formula is C11H15N5O4. The van der Waals surface area contributed by atoms with Gasteiger partial charge in [-0.15, -0.1) is 0 Å². The van der Waals surface area contributed by atoms with Gasteiger partial charge in [0, 0.05) is 7.11 Å². The summed E-state index contributed by atoms with van der Waals surface area (Å²) in [5.41, 5.74) is 6.66. The molecule has 3 heterocycles. The summed E-state index contributed by atoms with van der Waals surface area (Å²) in [7, 11) is 1.46. The fourth-order valence-electron chi connectivity index (χ4n) is 2.40. The van der Waals surface area contributed by atoms with Crippen LogP contribution in [0.4, 0.5) is 5.82 Å². The van der Waals surface area contributed by atoms with Crippen molar-refractivity contribution in [1.29, 1.82) is 0 Å². The molecule has 20 heavy (non-hydrogen) atoms. The summed E-state index contributed by atoms with van der Waals surface area (Å²) < 4.78 is 12.5. The zero-order chi connectivity index (χ0) is 14.3. The average Bonchev–Trinajstić information content (AvgIpc) is 3.00. The molecule has 9 nitrogen and oxygen atoms in total. The molecule has 1 saturated heterocycles. The SMILES string of the molecule is CO[C@H]1[C@@H](O)[C@@H](CO)O[C@H]1n1cnc2c(N)ncnc21. The first-order valence-electron chi connectivity index (χ1n) is 6.07. The number of nitrogens with two attached hydrogens (primary N) is 1. The average molecular weight is 281 g/mol. The van der Waals surface area contributed by atoms with Crippen molar-refractivity contribution in [3.8, 4) is 0 Å². The van der Waals surface area contributed by atoms with Gasteiger partial charge in [0.25, 0.3) is 0 Å². The van der Waals surface area contributed by atoms with Crippen LogP contribution in [0.3, 0.4) is 0 Å². The Bertz CT molecular complexity index is 618. The van der Waals surface area contributed by atoms with Crippen LogP contribution in [0.5, 0.6) is 0 Å². The summed E-state index contributed by atoms with van der Waals surface area (Å²) in [5.74, 6) is 0.264. The van der Waals surface area contributed by atoms with E-state index in [1.54, 1.807) is 4.57 Å². The van der Waals surface area contributed by atoms with Crippen LogP contribution >= 0.6 is 0 Å². The van der Waals surface area contributed by atoms with Gasteiger partial charge in [-0.1, -0.05) is 0 Å². The van der Waals surface area contributed by atoms with Gasteiger partial charge in [-0.25, -0.2) is 15.0 Å². The quantitative estimate of drug-likeness (QED) is 0.631. The first-order valence-corrected chi connectivity index (χ1v) is 6.07. The molecule has 4 atom stereocenters. The molecule has 0 unspecified atom stereocenters. The summed E-state index contributed by atoms with van der Waals surface area (Å²) >= 11 is 0. The van der Waals surface area contributed by atoms with Gasteiger partial charge in [0.1, 0.15) is 30.2 Å². The highest BCUT2D eigenvalue weighted by Gasteiger charge is 2.45. The highest BCUT2D eigenvalue weighted by molar-refractivity contribution is 5.81. The van der Waals surface area contributed by atoms with Crippen molar-refractivity contribution in [2.45, 2.75) is 24.5 Å². The molecule has 0 bridgehead atoms. The van der Waals surface area contributed by atoms with E-state index in [0.717, 1.165) is 0 Å². The normalized spacial score (nSPS) is 30.1. The molecule has 9 heteroatoms. The Balaban J connectivity index is 2.04. The number of aliphatic hydroxyl groups excluding tert-OH is 2. The molecule has 0 amide bonds. The molecule has 1 aliphatic rings. The number of aromatic nitrogens is 4. The highest BCUT2D eigenvalue weighted by atomic mass is 16.6.